The van der Waals surface area contributed by atoms with E-state index in [2.05, 4.69) is 6.92 Å². The number of benzene rings is 3. The summed E-state index contributed by atoms with van der Waals surface area (Å²) >= 11 is 0. The Balaban J connectivity index is 1.66. The van der Waals surface area contributed by atoms with Crippen LogP contribution in [0.1, 0.15) is 52.6 Å². The van der Waals surface area contributed by atoms with Gasteiger partial charge in [0.05, 0.1) is 18.7 Å². The summed E-state index contributed by atoms with van der Waals surface area (Å²) in [6.45, 7) is 5.24. The van der Waals surface area contributed by atoms with Gasteiger partial charge in [0, 0.05) is 11.4 Å². The number of carboxylic acid groups (broad SMARTS) is 1. The zero-order valence-corrected chi connectivity index (χ0v) is 19.7. The number of rotatable bonds is 9. The van der Waals surface area contributed by atoms with Gasteiger partial charge in [-0.15, -0.1) is 0 Å². The van der Waals surface area contributed by atoms with Crippen molar-refractivity contribution in [3.8, 4) is 11.1 Å². The standard InChI is InChI=1S/C29H30N2O3/c1-3-4-14-27-21(2)30(19-22-10-6-5-7-11-22)29(34)31(27)20-23-15-17-24(18-16-23)25-12-8-9-13-26(25)28(32)33/h5-13,15-18H,3-4,14,19-20H2,1-2H3,(H,32,33). The molecule has 0 amide bonds. The van der Waals surface area contributed by atoms with Crippen LogP contribution in [0.25, 0.3) is 11.1 Å². The highest BCUT2D eigenvalue weighted by Crippen LogP contribution is 2.24. The van der Waals surface area contributed by atoms with Crippen LogP contribution in [0.2, 0.25) is 0 Å². The van der Waals surface area contributed by atoms with E-state index in [4.69, 9.17) is 0 Å². The molecule has 1 aromatic heterocycles. The molecule has 0 radical (unpaired) electrons. The van der Waals surface area contributed by atoms with E-state index < -0.39 is 5.97 Å². The third-order valence-electron chi connectivity index (χ3n) is 6.32. The van der Waals surface area contributed by atoms with Gasteiger partial charge in [-0.25, -0.2) is 9.59 Å². The van der Waals surface area contributed by atoms with Gasteiger partial charge in [0.25, 0.3) is 0 Å². The molecule has 4 rings (SSSR count). The van der Waals surface area contributed by atoms with E-state index in [0.717, 1.165) is 47.3 Å². The summed E-state index contributed by atoms with van der Waals surface area (Å²) in [7, 11) is 0. The number of hydrogen-bond donors (Lipinski definition) is 1. The summed E-state index contributed by atoms with van der Waals surface area (Å²) in [5, 5.41) is 9.50. The lowest BCUT2D eigenvalue weighted by Gasteiger charge is -2.10. The van der Waals surface area contributed by atoms with Crippen LogP contribution in [0, 0.1) is 6.92 Å². The van der Waals surface area contributed by atoms with E-state index in [1.54, 1.807) is 12.1 Å². The largest absolute Gasteiger partial charge is 0.478 e. The summed E-state index contributed by atoms with van der Waals surface area (Å²) < 4.78 is 3.77. The van der Waals surface area contributed by atoms with E-state index in [1.165, 1.54) is 0 Å². The van der Waals surface area contributed by atoms with Crippen molar-refractivity contribution < 1.29 is 9.90 Å². The molecule has 5 heteroatoms. The summed E-state index contributed by atoms with van der Waals surface area (Å²) in [5.74, 6) is -0.943. The Hall–Kier alpha value is -3.86. The second-order valence-electron chi connectivity index (χ2n) is 8.62. The maximum absolute atomic E-state index is 13.5. The number of unbranched alkanes of at least 4 members (excludes halogenated alkanes) is 1. The van der Waals surface area contributed by atoms with E-state index in [9.17, 15) is 14.7 Å². The Kier molecular flexibility index (Phi) is 7.12. The van der Waals surface area contributed by atoms with Crippen LogP contribution in [-0.4, -0.2) is 20.2 Å². The van der Waals surface area contributed by atoms with Crippen molar-refractivity contribution in [2.75, 3.05) is 0 Å². The smallest absolute Gasteiger partial charge is 0.336 e. The fraction of sp³-hybridized carbons (Fsp3) is 0.241. The first kappa shape index (κ1) is 23.3. The fourth-order valence-electron chi connectivity index (χ4n) is 4.42. The van der Waals surface area contributed by atoms with Gasteiger partial charge in [-0.1, -0.05) is 86.1 Å². The maximum Gasteiger partial charge on any atom is 0.336 e. The lowest BCUT2D eigenvalue weighted by molar-refractivity contribution is 0.0697. The second-order valence-corrected chi connectivity index (χ2v) is 8.62. The molecule has 1 N–H and O–H groups in total. The molecule has 0 fully saturated rings. The highest BCUT2D eigenvalue weighted by Gasteiger charge is 2.17. The van der Waals surface area contributed by atoms with Crippen LogP contribution in [-0.2, 0) is 19.5 Å². The third kappa shape index (κ3) is 4.88. The minimum Gasteiger partial charge on any atom is -0.478 e. The predicted octanol–water partition coefficient (Wildman–Crippen LogP) is 5.76. The number of carboxylic acids is 1. The van der Waals surface area contributed by atoms with Crippen LogP contribution >= 0.6 is 0 Å². The Morgan fingerprint density at radius 3 is 2.12 bits per heavy atom. The van der Waals surface area contributed by atoms with Crippen LogP contribution in [0.4, 0.5) is 0 Å². The van der Waals surface area contributed by atoms with Crippen molar-refractivity contribution in [1.82, 2.24) is 9.13 Å². The minimum absolute atomic E-state index is 0.00718. The predicted molar refractivity (Wildman–Crippen MR) is 136 cm³/mol. The molecular formula is C29H30N2O3. The Morgan fingerprint density at radius 2 is 1.44 bits per heavy atom. The van der Waals surface area contributed by atoms with Crippen molar-refractivity contribution in [2.45, 2.75) is 46.2 Å². The van der Waals surface area contributed by atoms with Gasteiger partial charge < -0.3 is 5.11 Å². The van der Waals surface area contributed by atoms with Gasteiger partial charge in [-0.2, -0.15) is 0 Å². The lowest BCUT2D eigenvalue weighted by atomic mass is 9.99. The molecule has 3 aromatic carbocycles. The Bertz CT molecular complexity index is 1330. The van der Waals surface area contributed by atoms with E-state index in [0.29, 0.717) is 18.7 Å². The highest BCUT2D eigenvalue weighted by molar-refractivity contribution is 5.95. The van der Waals surface area contributed by atoms with Gasteiger partial charge >= 0.3 is 11.7 Å². The quantitative estimate of drug-likeness (QED) is 0.350. The van der Waals surface area contributed by atoms with Gasteiger partial charge in [0.1, 0.15) is 0 Å². The first-order valence-corrected chi connectivity index (χ1v) is 11.7. The average Bonchev–Trinajstić information content (AvgIpc) is 3.07. The highest BCUT2D eigenvalue weighted by atomic mass is 16.4. The zero-order valence-electron chi connectivity index (χ0n) is 19.7. The average molecular weight is 455 g/mol. The number of imidazole rings is 1. The SMILES string of the molecule is CCCCc1c(C)n(Cc2ccccc2)c(=O)n1Cc1ccc(-c2ccccc2C(=O)O)cc1. The van der Waals surface area contributed by atoms with Gasteiger partial charge in [-0.05, 0) is 48.1 Å². The van der Waals surface area contributed by atoms with Crippen LogP contribution in [0.5, 0.6) is 0 Å². The molecule has 1 heterocycles. The van der Waals surface area contributed by atoms with Gasteiger partial charge in [-0.3, -0.25) is 9.13 Å². The molecule has 0 aliphatic heterocycles. The first-order chi connectivity index (χ1) is 16.5. The normalized spacial score (nSPS) is 11.0. The number of hydrogen-bond acceptors (Lipinski definition) is 2. The fourth-order valence-corrected chi connectivity index (χ4v) is 4.42. The van der Waals surface area contributed by atoms with E-state index in [-0.39, 0.29) is 11.3 Å². The molecule has 0 spiro atoms. The molecule has 0 aliphatic carbocycles. The molecule has 0 saturated carbocycles. The van der Waals surface area contributed by atoms with Crippen LogP contribution in [0.15, 0.2) is 83.7 Å². The van der Waals surface area contributed by atoms with Crippen LogP contribution in [0.3, 0.4) is 0 Å². The summed E-state index contributed by atoms with van der Waals surface area (Å²) in [6.07, 6.45) is 2.96. The molecule has 0 aliphatic rings. The number of aromatic carboxylic acids is 1. The summed E-state index contributed by atoms with van der Waals surface area (Å²) in [6, 6.07) is 24.9. The van der Waals surface area contributed by atoms with Crippen molar-refractivity contribution in [1.29, 1.82) is 0 Å². The van der Waals surface area contributed by atoms with Crippen molar-refractivity contribution in [3.05, 3.63) is 117 Å². The number of carbonyl (C=O) groups is 1. The summed E-state index contributed by atoms with van der Waals surface area (Å²) in [4.78, 5) is 25.0. The minimum atomic E-state index is -0.943. The molecule has 0 unspecified atom stereocenters. The Morgan fingerprint density at radius 1 is 0.824 bits per heavy atom. The third-order valence-corrected chi connectivity index (χ3v) is 6.32. The van der Waals surface area contributed by atoms with Gasteiger partial charge in [0.15, 0.2) is 0 Å². The molecular weight excluding hydrogens is 424 g/mol. The maximum atomic E-state index is 13.5. The lowest BCUT2D eigenvalue weighted by Crippen LogP contribution is -2.26. The molecule has 5 nitrogen and oxygen atoms in total. The van der Waals surface area contributed by atoms with Crippen molar-refractivity contribution >= 4 is 5.97 Å². The van der Waals surface area contributed by atoms with Crippen molar-refractivity contribution in [3.63, 3.8) is 0 Å². The van der Waals surface area contributed by atoms with E-state index >= 15 is 0 Å². The van der Waals surface area contributed by atoms with Crippen LogP contribution < -0.4 is 5.69 Å². The zero-order chi connectivity index (χ0) is 24.1. The molecule has 4 aromatic rings. The first-order valence-electron chi connectivity index (χ1n) is 11.7. The number of aromatic nitrogens is 2. The monoisotopic (exact) mass is 454 g/mol. The summed E-state index contributed by atoms with van der Waals surface area (Å²) in [5.41, 5.74) is 6.04. The van der Waals surface area contributed by atoms with Crippen molar-refractivity contribution in [2.24, 2.45) is 0 Å². The molecule has 0 saturated heterocycles. The number of nitrogens with zero attached hydrogens (tertiary/aromatic N) is 2. The molecule has 174 valence electrons. The second kappa shape index (κ2) is 10.4. The molecule has 0 atom stereocenters. The van der Waals surface area contributed by atoms with Gasteiger partial charge in [0.2, 0.25) is 0 Å². The Labute approximate surface area is 199 Å². The molecule has 0 bridgehead atoms. The molecule has 34 heavy (non-hydrogen) atoms. The topological polar surface area (TPSA) is 64.2 Å². The van der Waals surface area contributed by atoms with E-state index in [1.807, 2.05) is 82.8 Å².